The van der Waals surface area contributed by atoms with Crippen LogP contribution in [0.1, 0.15) is 16.7 Å². The fraction of sp³-hybridized carbons (Fsp3) is 0. The molecule has 0 heterocycles. The molecule has 2 heteroatoms. The Morgan fingerprint density at radius 2 is 0.577 bits per heavy atom. The van der Waals surface area contributed by atoms with Gasteiger partial charge in [-0.05, 0) is 138 Å². The van der Waals surface area contributed by atoms with Crippen molar-refractivity contribution in [2.75, 3.05) is 9.80 Å². The molecule has 0 spiro atoms. The smallest absolute Gasteiger partial charge is 0.0618 e. The number of fused-ring (bicyclic) bond motifs is 5. The summed E-state index contributed by atoms with van der Waals surface area (Å²) in [6, 6.07) is 113. The molecule has 78 heavy (non-hydrogen) atoms. The predicted molar refractivity (Wildman–Crippen MR) is 334 cm³/mol. The zero-order chi connectivity index (χ0) is 51.8. The third-order valence-corrected chi connectivity index (χ3v) is 15.3. The lowest BCUT2D eigenvalue weighted by Gasteiger charge is -2.30. The summed E-state index contributed by atoms with van der Waals surface area (Å²) in [5.74, 6) is 0. The van der Waals surface area contributed by atoms with Crippen molar-refractivity contribution < 1.29 is 0 Å². The Bertz CT molecular complexity index is 4400. The van der Waals surface area contributed by atoms with Gasteiger partial charge in [0, 0.05) is 44.3 Å². The molecule has 2 nitrogen and oxygen atoms in total. The first-order valence-electron chi connectivity index (χ1n) is 26.8. The van der Waals surface area contributed by atoms with Gasteiger partial charge < -0.3 is 9.80 Å². The minimum absolute atomic E-state index is 1.08. The van der Waals surface area contributed by atoms with Crippen LogP contribution in [0, 0.1) is 0 Å². The molecule has 0 N–H and O–H groups in total. The van der Waals surface area contributed by atoms with E-state index in [9.17, 15) is 0 Å². The summed E-state index contributed by atoms with van der Waals surface area (Å²) in [7, 11) is 0. The number of anilines is 6. The third-order valence-electron chi connectivity index (χ3n) is 15.3. The molecule has 0 bridgehead atoms. The molecule has 0 unspecified atom stereocenters. The number of rotatable bonds is 11. The molecule has 0 aliphatic carbocycles. The van der Waals surface area contributed by atoms with Gasteiger partial charge in [0.15, 0.2) is 0 Å². The highest BCUT2D eigenvalue weighted by Crippen LogP contribution is 2.50. The van der Waals surface area contributed by atoms with E-state index in [1.807, 2.05) is 0 Å². The molecule has 0 aliphatic rings. The van der Waals surface area contributed by atoms with Crippen molar-refractivity contribution in [2.45, 2.75) is 0 Å². The summed E-state index contributed by atoms with van der Waals surface area (Å²) < 4.78 is 0. The molecule has 0 saturated carbocycles. The molecular weight excluding hydrogens is 941 g/mol. The molecule has 0 radical (unpaired) electrons. The quantitative estimate of drug-likeness (QED) is 0.0941. The molecule has 366 valence electrons. The van der Waals surface area contributed by atoms with E-state index in [0.717, 1.165) is 56.4 Å². The Morgan fingerprint density at radius 3 is 1.03 bits per heavy atom. The summed E-state index contributed by atoms with van der Waals surface area (Å²) in [5, 5.41) is 12.0. The van der Waals surface area contributed by atoms with Crippen molar-refractivity contribution >= 4 is 99.6 Å². The number of nitrogens with zero attached hydrogens (tertiary/aromatic N) is 2. The normalized spacial score (nSPS) is 11.7. The molecule has 0 saturated heterocycles. The van der Waals surface area contributed by atoms with Gasteiger partial charge in [-0.15, -0.1) is 0 Å². The van der Waals surface area contributed by atoms with Crippen LogP contribution in [0.25, 0.3) is 87.8 Å². The van der Waals surface area contributed by atoms with Crippen molar-refractivity contribution in [2.24, 2.45) is 0 Å². The van der Waals surface area contributed by atoms with Gasteiger partial charge in [-0.25, -0.2) is 0 Å². The van der Waals surface area contributed by atoms with Crippen LogP contribution in [0.2, 0.25) is 0 Å². The van der Waals surface area contributed by atoms with E-state index in [4.69, 9.17) is 0 Å². The van der Waals surface area contributed by atoms with E-state index in [1.54, 1.807) is 0 Å². The fourth-order valence-corrected chi connectivity index (χ4v) is 11.9. The van der Waals surface area contributed by atoms with Crippen LogP contribution in [-0.4, -0.2) is 0 Å². The Morgan fingerprint density at radius 1 is 0.244 bits per heavy atom. The lowest BCUT2D eigenvalue weighted by molar-refractivity contribution is 1.31. The van der Waals surface area contributed by atoms with E-state index >= 15 is 0 Å². The molecular formula is C76H52N2. The lowest BCUT2D eigenvalue weighted by Crippen LogP contribution is -2.11. The highest BCUT2D eigenvalue weighted by Gasteiger charge is 2.24. The van der Waals surface area contributed by atoms with Crippen molar-refractivity contribution in [3.8, 4) is 22.3 Å². The van der Waals surface area contributed by atoms with Crippen molar-refractivity contribution in [3.63, 3.8) is 0 Å². The second-order valence-electron chi connectivity index (χ2n) is 20.0. The first-order valence-corrected chi connectivity index (χ1v) is 26.8. The highest BCUT2D eigenvalue weighted by atomic mass is 15.2. The topological polar surface area (TPSA) is 6.48 Å². The summed E-state index contributed by atoms with van der Waals surface area (Å²) in [6.07, 6.45) is 2.34. The lowest BCUT2D eigenvalue weighted by atomic mass is 9.89. The largest absolute Gasteiger partial charge is 0.309 e. The van der Waals surface area contributed by atoms with E-state index in [2.05, 4.69) is 325 Å². The van der Waals surface area contributed by atoms with E-state index in [-0.39, 0.29) is 0 Å². The van der Waals surface area contributed by atoms with Crippen molar-refractivity contribution in [1.29, 1.82) is 0 Å². The average molecular weight is 993 g/mol. The van der Waals surface area contributed by atoms with Crippen LogP contribution in [0.4, 0.5) is 34.1 Å². The number of hydrogen-bond acceptors (Lipinski definition) is 2. The highest BCUT2D eigenvalue weighted by molar-refractivity contribution is 6.24. The van der Waals surface area contributed by atoms with Crippen LogP contribution < -0.4 is 9.80 Å². The summed E-state index contributed by atoms with van der Waals surface area (Å²) in [6.45, 7) is 0. The monoisotopic (exact) mass is 992 g/mol. The fourth-order valence-electron chi connectivity index (χ4n) is 11.9. The number of para-hydroxylation sites is 2. The van der Waals surface area contributed by atoms with Gasteiger partial charge in [-0.3, -0.25) is 0 Å². The first kappa shape index (κ1) is 46.3. The minimum atomic E-state index is 1.08. The van der Waals surface area contributed by atoms with E-state index in [0.29, 0.717) is 0 Å². The van der Waals surface area contributed by atoms with Crippen LogP contribution in [0.3, 0.4) is 0 Å². The van der Waals surface area contributed by atoms with Crippen LogP contribution in [0.5, 0.6) is 0 Å². The molecule has 14 aromatic carbocycles. The molecule has 0 amide bonds. The third kappa shape index (κ3) is 8.34. The second-order valence-corrected chi connectivity index (χ2v) is 20.0. The Hall–Kier alpha value is -10.3. The zero-order valence-corrected chi connectivity index (χ0v) is 42.9. The Labute approximate surface area is 455 Å². The summed E-state index contributed by atoms with van der Waals surface area (Å²) in [5.41, 5.74) is 16.2. The Balaban J connectivity index is 0.877. The van der Waals surface area contributed by atoms with E-state index < -0.39 is 0 Å². The molecule has 0 atom stereocenters. The van der Waals surface area contributed by atoms with Gasteiger partial charge in [0.05, 0.1) is 11.4 Å². The standard InChI is InChI=1S/C76H52N2/c1-6-24-54(25-7-1)72(50-53-42-47-62(48-43-53)77(60-30-12-4-13-31-60)75-68-38-20-16-34-64(68)73(55-26-8-2-9-27-55)65-35-17-21-39-69(65)75)59-45-44-58-52-63(49-46-57(58)51-59)78(61-32-14-5-15-33-61)76-70-40-22-18-36-66(70)74(56-28-10-3-11-29-56)67-37-19-23-41-71(67)76/h1-52H. The molecule has 14 aromatic rings. The minimum Gasteiger partial charge on any atom is -0.309 e. The van der Waals surface area contributed by atoms with Gasteiger partial charge in [0.1, 0.15) is 0 Å². The van der Waals surface area contributed by atoms with Gasteiger partial charge >= 0.3 is 0 Å². The SMILES string of the molecule is C(=C(c1ccccc1)c1ccc2cc(N(c3ccccc3)c3c4ccccc4c(-c4ccccc4)c4ccccc34)ccc2c1)c1ccc(N(c2ccccc2)c2c3ccccc3c(-c3ccccc3)c3ccccc23)cc1. The second kappa shape index (κ2) is 20.1. The van der Waals surface area contributed by atoms with Crippen molar-refractivity contribution in [3.05, 3.63) is 326 Å². The van der Waals surface area contributed by atoms with Gasteiger partial charge in [0.2, 0.25) is 0 Å². The zero-order valence-electron chi connectivity index (χ0n) is 42.9. The first-order chi connectivity index (χ1) is 38.7. The average Bonchev–Trinajstić information content (AvgIpc) is 3.71. The van der Waals surface area contributed by atoms with Crippen LogP contribution in [-0.2, 0) is 0 Å². The van der Waals surface area contributed by atoms with Gasteiger partial charge in [0.25, 0.3) is 0 Å². The van der Waals surface area contributed by atoms with Gasteiger partial charge in [-0.1, -0.05) is 255 Å². The number of benzene rings is 14. The van der Waals surface area contributed by atoms with Crippen molar-refractivity contribution in [1.82, 2.24) is 0 Å². The summed E-state index contributed by atoms with van der Waals surface area (Å²) >= 11 is 0. The predicted octanol–water partition coefficient (Wildman–Crippen LogP) is 21.3. The maximum Gasteiger partial charge on any atom is 0.0618 e. The van der Waals surface area contributed by atoms with Gasteiger partial charge in [-0.2, -0.15) is 0 Å². The van der Waals surface area contributed by atoms with Crippen LogP contribution >= 0.6 is 0 Å². The maximum absolute atomic E-state index is 2.45. The number of hydrogen-bond donors (Lipinski definition) is 0. The summed E-state index contributed by atoms with van der Waals surface area (Å²) in [4.78, 5) is 4.89. The Kier molecular flexibility index (Phi) is 11.9. The maximum atomic E-state index is 2.45. The molecule has 14 rings (SSSR count). The van der Waals surface area contributed by atoms with Crippen LogP contribution in [0.15, 0.2) is 309 Å². The van der Waals surface area contributed by atoms with E-state index in [1.165, 1.54) is 76.1 Å². The molecule has 0 aromatic heterocycles. The molecule has 0 fully saturated rings. The molecule has 0 aliphatic heterocycles.